The summed E-state index contributed by atoms with van der Waals surface area (Å²) in [6, 6.07) is 8.07. The van der Waals surface area contributed by atoms with Crippen LogP contribution in [0.4, 0.5) is 11.5 Å². The topological polar surface area (TPSA) is 37.8 Å². The second-order valence-electron chi connectivity index (χ2n) is 4.46. The maximum absolute atomic E-state index is 4.59. The van der Waals surface area contributed by atoms with E-state index in [4.69, 9.17) is 0 Å². The van der Waals surface area contributed by atoms with Crippen molar-refractivity contribution in [1.29, 1.82) is 0 Å². The Morgan fingerprint density at radius 2 is 1.95 bits per heavy atom. The smallest absolute Gasteiger partial charge is 0.135 e. The predicted molar refractivity (Wildman–Crippen MR) is 91.8 cm³/mol. The first-order valence-electron chi connectivity index (χ1n) is 5.88. The summed E-state index contributed by atoms with van der Waals surface area (Å²) in [5.41, 5.74) is 1.01. The van der Waals surface area contributed by atoms with Crippen molar-refractivity contribution >= 4 is 66.0 Å². The van der Waals surface area contributed by atoms with Crippen molar-refractivity contribution < 1.29 is 0 Å². The normalized spacial score (nSPS) is 14.5. The zero-order valence-corrected chi connectivity index (χ0v) is 15.2. The van der Waals surface area contributed by atoms with Crippen molar-refractivity contribution in [3.05, 3.63) is 42.7 Å². The number of benzene rings is 1. The van der Waals surface area contributed by atoms with Crippen LogP contribution in [0.25, 0.3) is 0 Å². The van der Waals surface area contributed by atoms with Crippen molar-refractivity contribution in [1.82, 2.24) is 9.97 Å². The minimum absolute atomic E-state index is 0.539. The molecule has 0 atom stereocenters. The number of hydrogen-bond acceptors (Lipinski definition) is 3. The molecule has 0 amide bonds. The zero-order chi connectivity index (χ0) is 13.4. The van der Waals surface area contributed by atoms with Crippen LogP contribution in [0.2, 0.25) is 0 Å². The lowest BCUT2D eigenvalue weighted by molar-refractivity contribution is 0.919. The molecule has 1 aromatic carbocycles. The fraction of sp³-hybridized carbons (Fsp3) is 0.231. The van der Waals surface area contributed by atoms with E-state index in [-0.39, 0.29) is 0 Å². The van der Waals surface area contributed by atoms with E-state index in [0.717, 1.165) is 26.4 Å². The van der Waals surface area contributed by atoms with Gasteiger partial charge in [0.05, 0.1) is 5.69 Å². The van der Waals surface area contributed by atoms with Crippen LogP contribution in [-0.2, 0) is 0 Å². The summed E-state index contributed by atoms with van der Waals surface area (Å²) in [5.74, 6) is 2.29. The first kappa shape index (κ1) is 13.8. The highest BCUT2D eigenvalue weighted by atomic mass is 127. The Kier molecular flexibility index (Phi) is 4.09. The van der Waals surface area contributed by atoms with E-state index in [1.165, 1.54) is 16.4 Å². The van der Waals surface area contributed by atoms with Crippen LogP contribution < -0.4 is 5.32 Å². The molecule has 6 heteroatoms. The van der Waals surface area contributed by atoms with E-state index in [9.17, 15) is 0 Å². The lowest BCUT2D eigenvalue weighted by Crippen LogP contribution is -2.00. The molecule has 3 rings (SSSR count). The van der Waals surface area contributed by atoms with Crippen LogP contribution in [0.15, 0.2) is 33.3 Å². The molecule has 1 aromatic heterocycles. The molecule has 0 aliphatic heterocycles. The Bertz CT molecular complexity index is 629. The van der Waals surface area contributed by atoms with Gasteiger partial charge in [-0.3, -0.25) is 0 Å². The summed E-state index contributed by atoms with van der Waals surface area (Å²) >= 11 is 9.29. The Hall–Kier alpha value is -0.210. The number of hydrogen-bond donors (Lipinski definition) is 1. The van der Waals surface area contributed by atoms with Crippen LogP contribution >= 0.6 is 54.5 Å². The molecule has 1 N–H and O–H groups in total. The summed E-state index contributed by atoms with van der Waals surface area (Å²) < 4.78 is 3.03. The molecule has 1 fully saturated rings. The van der Waals surface area contributed by atoms with Gasteiger partial charge in [-0.25, -0.2) is 9.97 Å². The summed E-state index contributed by atoms with van der Waals surface area (Å²) in [5, 5.41) is 3.34. The molecule has 98 valence electrons. The molecule has 1 aliphatic rings. The van der Waals surface area contributed by atoms with Gasteiger partial charge in [-0.2, -0.15) is 0 Å². The molecule has 3 nitrogen and oxygen atoms in total. The molecule has 0 unspecified atom stereocenters. The van der Waals surface area contributed by atoms with E-state index in [2.05, 4.69) is 81.9 Å². The summed E-state index contributed by atoms with van der Waals surface area (Å²) in [7, 11) is 0. The second kappa shape index (κ2) is 5.65. The van der Waals surface area contributed by atoms with E-state index in [0.29, 0.717) is 5.92 Å². The Morgan fingerprint density at radius 1 is 1.16 bits per heavy atom. The number of rotatable bonds is 3. The van der Waals surface area contributed by atoms with Crippen molar-refractivity contribution in [2.45, 2.75) is 18.8 Å². The van der Waals surface area contributed by atoms with E-state index < -0.39 is 0 Å². The highest BCUT2D eigenvalue weighted by Gasteiger charge is 2.27. The Balaban J connectivity index is 1.92. The van der Waals surface area contributed by atoms with E-state index in [1.54, 1.807) is 0 Å². The average Bonchev–Trinajstić information content (AvgIpc) is 3.17. The van der Waals surface area contributed by atoms with Gasteiger partial charge in [-0.05, 0) is 85.5 Å². The molecule has 0 spiro atoms. The van der Waals surface area contributed by atoms with Crippen molar-refractivity contribution in [2.24, 2.45) is 0 Å². The summed E-state index contributed by atoms with van der Waals surface area (Å²) in [4.78, 5) is 9.02. The maximum Gasteiger partial charge on any atom is 0.135 e. The van der Waals surface area contributed by atoms with Crippen LogP contribution in [0.3, 0.4) is 0 Å². The molecule has 19 heavy (non-hydrogen) atoms. The average molecular weight is 495 g/mol. The fourth-order valence-corrected chi connectivity index (χ4v) is 2.99. The standard InChI is InChI=1S/C13H10Br2IN3/c14-9-4-3-8(16)5-10(9)17-12-6-11(15)18-13(19-12)7-1-2-7/h3-7H,1-2H2,(H,17,18,19). The lowest BCUT2D eigenvalue weighted by Gasteiger charge is -2.10. The Morgan fingerprint density at radius 3 is 2.68 bits per heavy atom. The largest absolute Gasteiger partial charge is 0.339 e. The van der Waals surface area contributed by atoms with Gasteiger partial charge in [0.15, 0.2) is 0 Å². The van der Waals surface area contributed by atoms with Gasteiger partial charge in [-0.15, -0.1) is 0 Å². The SMILES string of the molecule is Brc1cc(Nc2cc(I)ccc2Br)nc(C2CC2)n1. The highest BCUT2D eigenvalue weighted by molar-refractivity contribution is 14.1. The first-order chi connectivity index (χ1) is 9.11. The fourth-order valence-electron chi connectivity index (χ4n) is 1.75. The van der Waals surface area contributed by atoms with Crippen molar-refractivity contribution in [2.75, 3.05) is 5.32 Å². The van der Waals surface area contributed by atoms with Gasteiger partial charge in [0.2, 0.25) is 0 Å². The monoisotopic (exact) mass is 493 g/mol. The van der Waals surface area contributed by atoms with Gasteiger partial charge in [0.1, 0.15) is 16.2 Å². The molecule has 1 heterocycles. The molecule has 0 bridgehead atoms. The third-order valence-electron chi connectivity index (χ3n) is 2.85. The van der Waals surface area contributed by atoms with Crippen LogP contribution in [0.1, 0.15) is 24.6 Å². The molecule has 1 aliphatic carbocycles. The zero-order valence-electron chi connectivity index (χ0n) is 9.83. The third-order valence-corrected chi connectivity index (χ3v) is 4.61. The maximum atomic E-state index is 4.59. The molecular weight excluding hydrogens is 485 g/mol. The summed E-state index contributed by atoms with van der Waals surface area (Å²) in [6.07, 6.45) is 2.39. The summed E-state index contributed by atoms with van der Waals surface area (Å²) in [6.45, 7) is 0. The molecular formula is C13H10Br2IN3. The lowest BCUT2D eigenvalue weighted by atomic mass is 10.3. The van der Waals surface area contributed by atoms with Crippen molar-refractivity contribution in [3.63, 3.8) is 0 Å². The number of aromatic nitrogens is 2. The van der Waals surface area contributed by atoms with Gasteiger partial charge in [0.25, 0.3) is 0 Å². The first-order valence-corrected chi connectivity index (χ1v) is 8.55. The van der Waals surface area contributed by atoms with Crippen molar-refractivity contribution in [3.8, 4) is 0 Å². The second-order valence-corrected chi connectivity index (χ2v) is 7.37. The van der Waals surface area contributed by atoms with Crippen LogP contribution in [-0.4, -0.2) is 9.97 Å². The van der Waals surface area contributed by atoms with Gasteiger partial charge in [-0.1, -0.05) is 0 Å². The highest BCUT2D eigenvalue weighted by Crippen LogP contribution is 2.39. The quantitative estimate of drug-likeness (QED) is 0.469. The predicted octanol–water partition coefficient (Wildman–Crippen LogP) is 5.23. The van der Waals surface area contributed by atoms with Crippen LogP contribution in [0, 0.1) is 3.57 Å². The number of nitrogens with zero attached hydrogens (tertiary/aromatic N) is 2. The molecule has 1 saturated carbocycles. The number of anilines is 2. The van der Waals surface area contributed by atoms with Crippen LogP contribution in [0.5, 0.6) is 0 Å². The Labute approximate surface area is 142 Å². The van der Waals surface area contributed by atoms with Gasteiger partial charge in [0, 0.05) is 20.0 Å². The van der Waals surface area contributed by atoms with E-state index in [1.807, 2.05) is 12.1 Å². The van der Waals surface area contributed by atoms with E-state index >= 15 is 0 Å². The minimum Gasteiger partial charge on any atom is -0.339 e. The number of halogens is 3. The van der Waals surface area contributed by atoms with Gasteiger partial charge >= 0.3 is 0 Å². The number of nitrogens with one attached hydrogen (secondary N) is 1. The molecule has 0 saturated heterocycles. The van der Waals surface area contributed by atoms with Gasteiger partial charge < -0.3 is 5.32 Å². The minimum atomic E-state index is 0.539. The molecule has 0 radical (unpaired) electrons. The molecule has 2 aromatic rings. The third kappa shape index (κ3) is 3.46.